The Morgan fingerprint density at radius 1 is 1.17 bits per heavy atom. The summed E-state index contributed by atoms with van der Waals surface area (Å²) in [4.78, 5) is 26.5. The first-order chi connectivity index (χ1) is 11.2. The van der Waals surface area contributed by atoms with Gasteiger partial charge in [0.25, 0.3) is 5.91 Å². The van der Waals surface area contributed by atoms with Gasteiger partial charge in [-0.05, 0) is 42.0 Å². The molecule has 0 saturated heterocycles. The van der Waals surface area contributed by atoms with E-state index in [0.717, 1.165) is 5.56 Å². The number of aromatic nitrogens is 1. The van der Waals surface area contributed by atoms with Gasteiger partial charge in [-0.25, -0.2) is 10.2 Å². The number of hydrazone groups is 1. The molecule has 0 spiro atoms. The summed E-state index contributed by atoms with van der Waals surface area (Å²) >= 11 is 0. The van der Waals surface area contributed by atoms with E-state index >= 15 is 0 Å². The van der Waals surface area contributed by atoms with Gasteiger partial charge in [0.15, 0.2) is 6.61 Å². The van der Waals surface area contributed by atoms with Crippen molar-refractivity contribution in [3.63, 3.8) is 0 Å². The van der Waals surface area contributed by atoms with Gasteiger partial charge in [-0.15, -0.1) is 0 Å². The number of rotatable bonds is 6. The quantitative estimate of drug-likeness (QED) is 0.494. The van der Waals surface area contributed by atoms with Crippen LogP contribution in [0, 0.1) is 0 Å². The van der Waals surface area contributed by atoms with E-state index in [0.29, 0.717) is 11.3 Å². The normalized spacial score (nSPS) is 10.3. The van der Waals surface area contributed by atoms with E-state index < -0.39 is 5.97 Å². The number of pyridine rings is 1. The highest BCUT2D eigenvalue weighted by molar-refractivity contribution is 5.94. The van der Waals surface area contributed by atoms with E-state index in [-0.39, 0.29) is 12.5 Å². The number of carbonyl (C=O) groups excluding carboxylic acids is 2. The number of methoxy groups -OCH3 is 1. The Balaban J connectivity index is 1.85. The second-order valence-electron chi connectivity index (χ2n) is 4.37. The van der Waals surface area contributed by atoms with Gasteiger partial charge >= 0.3 is 5.97 Å². The average molecular weight is 313 g/mol. The van der Waals surface area contributed by atoms with Crippen molar-refractivity contribution in [1.29, 1.82) is 0 Å². The minimum atomic E-state index is -0.450. The van der Waals surface area contributed by atoms with Crippen LogP contribution in [-0.4, -0.2) is 36.8 Å². The van der Waals surface area contributed by atoms with Crippen molar-refractivity contribution in [2.45, 2.75) is 0 Å². The van der Waals surface area contributed by atoms with Crippen LogP contribution in [0.4, 0.5) is 0 Å². The van der Waals surface area contributed by atoms with Crippen LogP contribution in [0.5, 0.6) is 5.75 Å². The van der Waals surface area contributed by atoms with Crippen LogP contribution < -0.4 is 10.2 Å². The molecule has 0 aliphatic carbocycles. The highest BCUT2D eigenvalue weighted by atomic mass is 16.6. The summed E-state index contributed by atoms with van der Waals surface area (Å²) < 4.78 is 9.70. The third kappa shape index (κ3) is 5.24. The Morgan fingerprint density at radius 3 is 2.52 bits per heavy atom. The molecule has 7 heteroatoms. The molecule has 0 atom stereocenters. The predicted molar refractivity (Wildman–Crippen MR) is 83.3 cm³/mol. The molecule has 1 amide bonds. The van der Waals surface area contributed by atoms with Crippen molar-refractivity contribution >= 4 is 18.1 Å². The lowest BCUT2D eigenvalue weighted by molar-refractivity contribution is -0.142. The number of amides is 1. The number of carbonyl (C=O) groups is 2. The maximum absolute atomic E-state index is 11.8. The minimum Gasteiger partial charge on any atom is -0.482 e. The fourth-order valence-electron chi connectivity index (χ4n) is 1.58. The van der Waals surface area contributed by atoms with E-state index in [2.05, 4.69) is 20.2 Å². The molecule has 0 aliphatic heterocycles. The SMILES string of the molecule is COC(=O)COc1ccc(/C=N/NC(=O)c2ccncc2)cc1. The number of hydrogen-bond acceptors (Lipinski definition) is 6. The molecule has 0 aliphatic rings. The Morgan fingerprint density at radius 2 is 1.87 bits per heavy atom. The van der Waals surface area contributed by atoms with Crippen molar-refractivity contribution in [2.75, 3.05) is 13.7 Å². The van der Waals surface area contributed by atoms with Crippen LogP contribution >= 0.6 is 0 Å². The highest BCUT2D eigenvalue weighted by Crippen LogP contribution is 2.11. The molecule has 2 rings (SSSR count). The number of ether oxygens (including phenoxy) is 2. The topological polar surface area (TPSA) is 89.9 Å². The maximum atomic E-state index is 11.8. The monoisotopic (exact) mass is 313 g/mol. The van der Waals surface area contributed by atoms with E-state index in [4.69, 9.17) is 4.74 Å². The van der Waals surface area contributed by atoms with Crippen LogP contribution in [0.15, 0.2) is 53.9 Å². The number of benzene rings is 1. The second-order valence-corrected chi connectivity index (χ2v) is 4.37. The molecule has 0 fully saturated rings. The van der Waals surface area contributed by atoms with Crippen LogP contribution in [0.2, 0.25) is 0 Å². The lowest BCUT2D eigenvalue weighted by Gasteiger charge is -2.04. The number of esters is 1. The fraction of sp³-hybridized carbons (Fsp3) is 0.125. The fourth-order valence-corrected chi connectivity index (χ4v) is 1.58. The Hall–Kier alpha value is -3.22. The van der Waals surface area contributed by atoms with Crippen molar-refractivity contribution in [3.05, 3.63) is 59.9 Å². The summed E-state index contributed by atoms with van der Waals surface area (Å²) in [7, 11) is 1.30. The smallest absolute Gasteiger partial charge is 0.343 e. The van der Waals surface area contributed by atoms with E-state index in [1.165, 1.54) is 25.7 Å². The minimum absolute atomic E-state index is 0.147. The number of nitrogens with zero attached hydrogens (tertiary/aromatic N) is 2. The van der Waals surface area contributed by atoms with Crippen LogP contribution in [-0.2, 0) is 9.53 Å². The number of nitrogens with one attached hydrogen (secondary N) is 1. The molecule has 1 N–H and O–H groups in total. The molecule has 0 bridgehead atoms. The molecule has 0 saturated carbocycles. The second kappa shape index (κ2) is 8.28. The van der Waals surface area contributed by atoms with Gasteiger partial charge in [0.2, 0.25) is 0 Å². The first-order valence-electron chi connectivity index (χ1n) is 6.72. The van der Waals surface area contributed by atoms with Gasteiger partial charge < -0.3 is 9.47 Å². The summed E-state index contributed by atoms with van der Waals surface area (Å²) in [5.41, 5.74) is 3.66. The summed E-state index contributed by atoms with van der Waals surface area (Å²) in [6.45, 7) is -0.147. The third-order valence-electron chi connectivity index (χ3n) is 2.79. The molecule has 1 heterocycles. The molecule has 2 aromatic rings. The summed E-state index contributed by atoms with van der Waals surface area (Å²) in [5, 5.41) is 3.88. The summed E-state index contributed by atoms with van der Waals surface area (Å²) in [6.07, 6.45) is 4.57. The average Bonchev–Trinajstić information content (AvgIpc) is 2.61. The summed E-state index contributed by atoms with van der Waals surface area (Å²) in [5.74, 6) is -0.232. The molecule has 118 valence electrons. The van der Waals surface area contributed by atoms with Gasteiger partial charge in [0.05, 0.1) is 13.3 Å². The molecular formula is C16H15N3O4. The zero-order valence-corrected chi connectivity index (χ0v) is 12.4. The molecule has 23 heavy (non-hydrogen) atoms. The predicted octanol–water partition coefficient (Wildman–Crippen LogP) is 1.40. The van der Waals surface area contributed by atoms with E-state index in [1.54, 1.807) is 36.4 Å². The standard InChI is InChI=1S/C16H15N3O4/c1-22-15(20)11-23-14-4-2-12(3-5-14)10-18-19-16(21)13-6-8-17-9-7-13/h2-10H,11H2,1H3,(H,19,21)/b18-10+. The number of hydrogen-bond donors (Lipinski definition) is 1. The zero-order valence-electron chi connectivity index (χ0n) is 12.4. The van der Waals surface area contributed by atoms with E-state index in [1.807, 2.05) is 0 Å². The van der Waals surface area contributed by atoms with Crippen molar-refractivity contribution < 1.29 is 19.1 Å². The van der Waals surface area contributed by atoms with Crippen LogP contribution in [0.1, 0.15) is 15.9 Å². The Kier molecular flexibility index (Phi) is 5.81. The largest absolute Gasteiger partial charge is 0.482 e. The summed E-state index contributed by atoms with van der Waals surface area (Å²) in [6, 6.07) is 10.1. The molecule has 0 unspecified atom stereocenters. The zero-order chi connectivity index (χ0) is 16.5. The first-order valence-corrected chi connectivity index (χ1v) is 6.72. The Bertz CT molecular complexity index is 684. The highest BCUT2D eigenvalue weighted by Gasteiger charge is 2.03. The van der Waals surface area contributed by atoms with Gasteiger partial charge in [0, 0.05) is 18.0 Å². The molecule has 0 radical (unpaired) electrons. The molecular weight excluding hydrogens is 298 g/mol. The lowest BCUT2D eigenvalue weighted by Crippen LogP contribution is -2.17. The van der Waals surface area contributed by atoms with Gasteiger partial charge in [-0.3, -0.25) is 9.78 Å². The van der Waals surface area contributed by atoms with Gasteiger partial charge in [0.1, 0.15) is 5.75 Å². The molecule has 1 aromatic carbocycles. The van der Waals surface area contributed by atoms with Crippen molar-refractivity contribution in [2.24, 2.45) is 5.10 Å². The van der Waals surface area contributed by atoms with E-state index in [9.17, 15) is 9.59 Å². The molecule has 1 aromatic heterocycles. The van der Waals surface area contributed by atoms with Crippen LogP contribution in [0.25, 0.3) is 0 Å². The van der Waals surface area contributed by atoms with Gasteiger partial charge in [-0.1, -0.05) is 0 Å². The molecule has 7 nitrogen and oxygen atoms in total. The van der Waals surface area contributed by atoms with Crippen molar-refractivity contribution in [1.82, 2.24) is 10.4 Å². The van der Waals surface area contributed by atoms with Crippen molar-refractivity contribution in [3.8, 4) is 5.75 Å². The first kappa shape index (κ1) is 16.2. The van der Waals surface area contributed by atoms with Crippen LogP contribution in [0.3, 0.4) is 0 Å². The third-order valence-corrected chi connectivity index (χ3v) is 2.79. The Labute approximate surface area is 132 Å². The lowest BCUT2D eigenvalue weighted by atomic mass is 10.2. The van der Waals surface area contributed by atoms with Gasteiger partial charge in [-0.2, -0.15) is 5.10 Å². The maximum Gasteiger partial charge on any atom is 0.343 e.